The molecule has 2 aromatic heterocycles. The lowest BCUT2D eigenvalue weighted by Gasteiger charge is -2.10. The Labute approximate surface area is 115 Å². The summed E-state index contributed by atoms with van der Waals surface area (Å²) in [5, 5.41) is 20.1. The molecule has 2 heterocycles. The molecule has 20 heavy (non-hydrogen) atoms. The lowest BCUT2D eigenvalue weighted by atomic mass is 10.1. The molecule has 0 saturated carbocycles. The van der Waals surface area contributed by atoms with Gasteiger partial charge in [-0.05, 0) is 30.9 Å². The Hall–Kier alpha value is -2.44. The van der Waals surface area contributed by atoms with Gasteiger partial charge in [-0.1, -0.05) is 0 Å². The number of pyridine rings is 1. The van der Waals surface area contributed by atoms with Crippen LogP contribution < -0.4 is 5.32 Å². The molecule has 2 aromatic rings. The molecule has 0 bridgehead atoms. The largest absolute Gasteiger partial charge is 0.478 e. The van der Waals surface area contributed by atoms with E-state index in [4.69, 9.17) is 0 Å². The molecule has 7 heteroatoms. The van der Waals surface area contributed by atoms with E-state index in [1.165, 1.54) is 0 Å². The van der Waals surface area contributed by atoms with E-state index < -0.39 is 5.97 Å². The minimum atomic E-state index is -0.965. The Kier molecular flexibility index (Phi) is 3.09. The number of nitrogens with one attached hydrogen (secondary N) is 1. The van der Waals surface area contributed by atoms with Gasteiger partial charge in [0.05, 0.1) is 6.54 Å². The first-order valence-corrected chi connectivity index (χ1v) is 6.48. The number of carboxylic acids is 1. The zero-order valence-corrected chi connectivity index (χ0v) is 11.1. The van der Waals surface area contributed by atoms with E-state index in [0.717, 1.165) is 36.3 Å². The molecule has 3 rings (SSSR count). The number of rotatable bonds is 4. The summed E-state index contributed by atoms with van der Waals surface area (Å²) in [6.07, 6.45) is 4.46. The monoisotopic (exact) mass is 273 g/mol. The van der Waals surface area contributed by atoms with Gasteiger partial charge in [0.15, 0.2) is 5.82 Å². The van der Waals surface area contributed by atoms with Gasteiger partial charge in [-0.2, -0.15) is 0 Å². The molecule has 0 fully saturated rings. The maximum absolute atomic E-state index is 11.3. The molecule has 104 valence electrons. The molecular weight excluding hydrogens is 258 g/mol. The summed E-state index contributed by atoms with van der Waals surface area (Å²) >= 11 is 0. The van der Waals surface area contributed by atoms with Crippen LogP contribution in [0.1, 0.15) is 33.9 Å². The summed E-state index contributed by atoms with van der Waals surface area (Å²) in [6.45, 7) is 0.391. The molecule has 0 unspecified atom stereocenters. The van der Waals surface area contributed by atoms with Crippen molar-refractivity contribution in [2.45, 2.75) is 25.8 Å². The van der Waals surface area contributed by atoms with Gasteiger partial charge < -0.3 is 15.0 Å². The fourth-order valence-corrected chi connectivity index (χ4v) is 2.40. The van der Waals surface area contributed by atoms with Gasteiger partial charge in [-0.15, -0.1) is 10.2 Å². The molecule has 1 aliphatic carbocycles. The van der Waals surface area contributed by atoms with Crippen molar-refractivity contribution in [2.24, 2.45) is 7.05 Å². The van der Waals surface area contributed by atoms with Crippen molar-refractivity contribution >= 4 is 11.8 Å². The molecule has 0 spiro atoms. The second-order valence-electron chi connectivity index (χ2n) is 4.86. The van der Waals surface area contributed by atoms with E-state index in [2.05, 4.69) is 20.5 Å². The van der Waals surface area contributed by atoms with Crippen molar-refractivity contribution in [1.82, 2.24) is 19.7 Å². The second kappa shape index (κ2) is 4.92. The first kappa shape index (κ1) is 12.6. The topological polar surface area (TPSA) is 92.9 Å². The van der Waals surface area contributed by atoms with Crippen LogP contribution >= 0.6 is 0 Å². The van der Waals surface area contributed by atoms with Crippen molar-refractivity contribution in [3.05, 3.63) is 35.0 Å². The average molecular weight is 273 g/mol. The van der Waals surface area contributed by atoms with E-state index in [9.17, 15) is 9.90 Å². The summed E-state index contributed by atoms with van der Waals surface area (Å²) in [7, 11) is 1.84. The zero-order chi connectivity index (χ0) is 14.1. The van der Waals surface area contributed by atoms with Crippen LogP contribution in [0.25, 0.3) is 0 Å². The third-order valence-corrected chi connectivity index (χ3v) is 3.50. The van der Waals surface area contributed by atoms with Crippen LogP contribution in [-0.4, -0.2) is 30.8 Å². The van der Waals surface area contributed by atoms with Crippen LogP contribution in [0.15, 0.2) is 12.4 Å². The lowest BCUT2D eigenvalue weighted by Crippen LogP contribution is -2.12. The smallest absolute Gasteiger partial charge is 0.339 e. The van der Waals surface area contributed by atoms with Gasteiger partial charge in [-0.25, -0.2) is 9.78 Å². The van der Waals surface area contributed by atoms with Gasteiger partial charge in [0.25, 0.3) is 0 Å². The number of fused-ring (bicyclic) bond motifs is 1. The summed E-state index contributed by atoms with van der Waals surface area (Å²) < 4.78 is 1.78. The van der Waals surface area contributed by atoms with Crippen molar-refractivity contribution in [3.63, 3.8) is 0 Å². The van der Waals surface area contributed by atoms with Gasteiger partial charge in [0, 0.05) is 12.7 Å². The minimum absolute atomic E-state index is 0.216. The maximum atomic E-state index is 11.3. The first-order valence-electron chi connectivity index (χ1n) is 6.48. The predicted molar refractivity (Wildman–Crippen MR) is 71.6 cm³/mol. The third-order valence-electron chi connectivity index (χ3n) is 3.50. The van der Waals surface area contributed by atoms with E-state index in [1.54, 1.807) is 17.0 Å². The number of carboxylic acid groups (broad SMARTS) is 1. The van der Waals surface area contributed by atoms with Crippen LogP contribution in [0.3, 0.4) is 0 Å². The van der Waals surface area contributed by atoms with E-state index in [-0.39, 0.29) is 5.56 Å². The second-order valence-corrected chi connectivity index (χ2v) is 4.86. The molecule has 0 amide bonds. The first-order chi connectivity index (χ1) is 9.65. The Morgan fingerprint density at radius 2 is 2.35 bits per heavy atom. The molecule has 0 aliphatic heterocycles. The molecule has 0 aromatic carbocycles. The number of carbonyl (C=O) groups is 1. The highest BCUT2D eigenvalue weighted by Gasteiger charge is 2.20. The molecule has 1 aliphatic rings. The zero-order valence-electron chi connectivity index (χ0n) is 11.1. The van der Waals surface area contributed by atoms with Crippen LogP contribution in [0.5, 0.6) is 0 Å². The van der Waals surface area contributed by atoms with Crippen LogP contribution in [-0.2, 0) is 26.4 Å². The number of hydrogen-bond donors (Lipinski definition) is 2. The Balaban J connectivity index is 1.88. The van der Waals surface area contributed by atoms with E-state index >= 15 is 0 Å². The number of aryl methyl sites for hydroxylation is 3. The van der Waals surface area contributed by atoms with Crippen molar-refractivity contribution in [3.8, 4) is 0 Å². The Morgan fingerprint density at radius 3 is 3.05 bits per heavy atom. The standard InChI is InChI=1S/C13H15N5O2/c1-18-7-15-17-11(18)6-14-12-9(13(19)20)5-8-3-2-4-10(8)16-12/h5,7H,2-4,6H2,1H3,(H,14,16)(H,19,20). The molecule has 0 radical (unpaired) electrons. The normalized spacial score (nSPS) is 13.2. The molecule has 0 atom stereocenters. The molecule has 7 nitrogen and oxygen atoms in total. The quantitative estimate of drug-likeness (QED) is 0.863. The number of hydrogen-bond acceptors (Lipinski definition) is 5. The predicted octanol–water partition coefficient (Wildman–Crippen LogP) is 1.01. The number of nitrogens with zero attached hydrogens (tertiary/aromatic N) is 4. The highest BCUT2D eigenvalue weighted by Crippen LogP contribution is 2.25. The average Bonchev–Trinajstić information content (AvgIpc) is 3.03. The van der Waals surface area contributed by atoms with Crippen LogP contribution in [0, 0.1) is 0 Å². The highest BCUT2D eigenvalue weighted by molar-refractivity contribution is 5.93. The van der Waals surface area contributed by atoms with Gasteiger partial charge in [0.1, 0.15) is 17.7 Å². The third kappa shape index (κ3) is 2.22. The Bertz CT molecular complexity index is 665. The van der Waals surface area contributed by atoms with Crippen molar-refractivity contribution in [2.75, 3.05) is 5.32 Å². The number of aromatic carboxylic acids is 1. The fourth-order valence-electron chi connectivity index (χ4n) is 2.40. The number of anilines is 1. The van der Waals surface area contributed by atoms with Gasteiger partial charge >= 0.3 is 5.97 Å². The van der Waals surface area contributed by atoms with Crippen LogP contribution in [0.4, 0.5) is 5.82 Å². The fraction of sp³-hybridized carbons (Fsp3) is 0.385. The summed E-state index contributed by atoms with van der Waals surface area (Å²) in [4.78, 5) is 15.8. The number of aromatic nitrogens is 4. The van der Waals surface area contributed by atoms with Gasteiger partial charge in [0.2, 0.25) is 0 Å². The summed E-state index contributed by atoms with van der Waals surface area (Å²) in [5.74, 6) is 0.164. The van der Waals surface area contributed by atoms with Gasteiger partial charge in [-0.3, -0.25) is 0 Å². The summed E-state index contributed by atoms with van der Waals surface area (Å²) in [6, 6.07) is 1.73. The Morgan fingerprint density at radius 1 is 1.50 bits per heavy atom. The molecular formula is C13H15N5O2. The summed E-state index contributed by atoms with van der Waals surface area (Å²) in [5.41, 5.74) is 2.26. The maximum Gasteiger partial charge on any atom is 0.339 e. The molecule has 2 N–H and O–H groups in total. The van der Waals surface area contributed by atoms with Crippen LogP contribution in [0.2, 0.25) is 0 Å². The van der Waals surface area contributed by atoms with Crippen molar-refractivity contribution < 1.29 is 9.90 Å². The lowest BCUT2D eigenvalue weighted by molar-refractivity contribution is 0.0697. The van der Waals surface area contributed by atoms with E-state index in [0.29, 0.717) is 12.4 Å². The van der Waals surface area contributed by atoms with E-state index in [1.807, 2.05) is 7.05 Å². The molecule has 0 saturated heterocycles. The van der Waals surface area contributed by atoms with Crippen molar-refractivity contribution in [1.29, 1.82) is 0 Å². The highest BCUT2D eigenvalue weighted by atomic mass is 16.4. The SMILES string of the molecule is Cn1cnnc1CNc1nc2c(cc1C(=O)O)CCC2. The minimum Gasteiger partial charge on any atom is -0.478 e.